The van der Waals surface area contributed by atoms with E-state index < -0.39 is 0 Å². The van der Waals surface area contributed by atoms with Gasteiger partial charge in [0.1, 0.15) is 5.75 Å². The molecule has 0 amide bonds. The maximum absolute atomic E-state index is 5.81. The number of benzene rings is 1. The molecule has 1 atom stereocenters. The van der Waals surface area contributed by atoms with Crippen LogP contribution in [-0.4, -0.2) is 26.9 Å². The number of nitrogens with one attached hydrogen (secondary N) is 1. The summed E-state index contributed by atoms with van der Waals surface area (Å²) in [6.07, 6.45) is 3.82. The van der Waals surface area contributed by atoms with Gasteiger partial charge in [-0.3, -0.25) is 0 Å². The topological polar surface area (TPSA) is 30.5 Å². The lowest BCUT2D eigenvalue weighted by atomic mass is 10.0. The third-order valence-corrected chi connectivity index (χ3v) is 3.05. The average Bonchev–Trinajstić information content (AvgIpc) is 3.15. The molecule has 0 spiro atoms. The monoisotopic (exact) mass is 235 g/mol. The van der Waals surface area contributed by atoms with Gasteiger partial charge in [-0.05, 0) is 44.0 Å². The Balaban J connectivity index is 2.01. The first kappa shape index (κ1) is 12.4. The second-order valence-electron chi connectivity index (χ2n) is 4.51. The summed E-state index contributed by atoms with van der Waals surface area (Å²) in [5, 5.41) is 3.31. The summed E-state index contributed by atoms with van der Waals surface area (Å²) in [4.78, 5) is 0. The maximum Gasteiger partial charge on any atom is 0.120 e. The van der Waals surface area contributed by atoms with Gasteiger partial charge in [0.05, 0.1) is 6.10 Å². The molecule has 3 nitrogen and oxygen atoms in total. The van der Waals surface area contributed by atoms with Crippen LogP contribution in [0.5, 0.6) is 5.75 Å². The lowest BCUT2D eigenvalue weighted by Gasteiger charge is -2.17. The van der Waals surface area contributed by atoms with E-state index in [1.165, 1.54) is 18.4 Å². The molecule has 0 saturated heterocycles. The molecule has 0 bridgehead atoms. The van der Waals surface area contributed by atoms with E-state index in [1.807, 2.05) is 13.1 Å². The van der Waals surface area contributed by atoms with Crippen molar-refractivity contribution < 1.29 is 9.47 Å². The van der Waals surface area contributed by atoms with Gasteiger partial charge in [0.25, 0.3) is 0 Å². The highest BCUT2D eigenvalue weighted by Gasteiger charge is 2.23. The van der Waals surface area contributed by atoms with Gasteiger partial charge in [0, 0.05) is 19.8 Å². The Morgan fingerprint density at radius 3 is 2.88 bits per heavy atom. The fourth-order valence-electron chi connectivity index (χ4n) is 1.90. The molecule has 1 N–H and O–H groups in total. The Hall–Kier alpha value is -1.06. The van der Waals surface area contributed by atoms with Crippen molar-refractivity contribution in [2.24, 2.45) is 0 Å². The predicted octanol–water partition coefficient (Wildman–Crippen LogP) is 2.52. The number of rotatable bonds is 7. The molecule has 17 heavy (non-hydrogen) atoms. The third kappa shape index (κ3) is 3.72. The van der Waals surface area contributed by atoms with Gasteiger partial charge in [-0.2, -0.15) is 0 Å². The highest BCUT2D eigenvalue weighted by atomic mass is 16.5. The smallest absolute Gasteiger partial charge is 0.120 e. The van der Waals surface area contributed by atoms with Crippen LogP contribution in [0.3, 0.4) is 0 Å². The van der Waals surface area contributed by atoms with E-state index in [4.69, 9.17) is 9.47 Å². The predicted molar refractivity (Wildman–Crippen MR) is 68.4 cm³/mol. The number of methoxy groups -OCH3 is 1. The molecule has 0 heterocycles. The van der Waals surface area contributed by atoms with Gasteiger partial charge < -0.3 is 14.8 Å². The van der Waals surface area contributed by atoms with E-state index in [2.05, 4.69) is 23.5 Å². The van der Waals surface area contributed by atoms with Crippen LogP contribution >= 0.6 is 0 Å². The average molecular weight is 235 g/mol. The molecule has 2 rings (SSSR count). The summed E-state index contributed by atoms with van der Waals surface area (Å²) >= 11 is 0. The van der Waals surface area contributed by atoms with Crippen LogP contribution in [0.1, 0.15) is 30.9 Å². The zero-order valence-corrected chi connectivity index (χ0v) is 10.6. The van der Waals surface area contributed by atoms with Gasteiger partial charge in [-0.25, -0.2) is 0 Å². The summed E-state index contributed by atoms with van der Waals surface area (Å²) < 4.78 is 10.9. The molecule has 0 aliphatic heterocycles. The zero-order valence-electron chi connectivity index (χ0n) is 10.6. The second-order valence-corrected chi connectivity index (χ2v) is 4.51. The molecule has 0 radical (unpaired) electrons. The summed E-state index contributed by atoms with van der Waals surface area (Å²) in [6.45, 7) is 0.763. The SMILES string of the molecule is CNC(CCOC)c1cccc(OC2CC2)c1. The minimum Gasteiger partial charge on any atom is -0.490 e. The number of ether oxygens (including phenoxy) is 2. The minimum atomic E-state index is 0.331. The van der Waals surface area contributed by atoms with Crippen molar-refractivity contribution in [1.82, 2.24) is 5.32 Å². The van der Waals surface area contributed by atoms with Crippen molar-refractivity contribution in [2.75, 3.05) is 20.8 Å². The molecule has 1 aromatic rings. The zero-order chi connectivity index (χ0) is 12.1. The van der Waals surface area contributed by atoms with E-state index in [1.54, 1.807) is 7.11 Å². The molecule has 1 aromatic carbocycles. The Morgan fingerprint density at radius 2 is 2.24 bits per heavy atom. The van der Waals surface area contributed by atoms with Crippen LogP contribution in [-0.2, 0) is 4.74 Å². The standard InChI is InChI=1S/C14H21NO2/c1-15-14(8-9-16-2)11-4-3-5-13(10-11)17-12-6-7-12/h3-5,10,12,14-15H,6-9H2,1-2H3. The van der Waals surface area contributed by atoms with Crippen molar-refractivity contribution in [3.8, 4) is 5.75 Å². The molecule has 94 valence electrons. The molecular weight excluding hydrogens is 214 g/mol. The highest BCUT2D eigenvalue weighted by Crippen LogP contribution is 2.28. The van der Waals surface area contributed by atoms with Crippen LogP contribution in [0.15, 0.2) is 24.3 Å². The van der Waals surface area contributed by atoms with E-state index in [9.17, 15) is 0 Å². The number of hydrogen-bond acceptors (Lipinski definition) is 3. The Bertz CT molecular complexity index is 350. The minimum absolute atomic E-state index is 0.331. The Kier molecular flexibility index (Phi) is 4.40. The highest BCUT2D eigenvalue weighted by molar-refractivity contribution is 5.31. The van der Waals surface area contributed by atoms with Gasteiger partial charge in [-0.15, -0.1) is 0 Å². The lowest BCUT2D eigenvalue weighted by Crippen LogP contribution is -2.18. The van der Waals surface area contributed by atoms with Gasteiger partial charge in [0.2, 0.25) is 0 Å². The molecule has 1 unspecified atom stereocenters. The van der Waals surface area contributed by atoms with Crippen molar-refractivity contribution in [3.05, 3.63) is 29.8 Å². The van der Waals surface area contributed by atoms with Crippen LogP contribution in [0.4, 0.5) is 0 Å². The normalized spacial score (nSPS) is 16.8. The van der Waals surface area contributed by atoms with Crippen molar-refractivity contribution in [1.29, 1.82) is 0 Å². The quantitative estimate of drug-likeness (QED) is 0.787. The maximum atomic E-state index is 5.81. The second kappa shape index (κ2) is 6.03. The third-order valence-electron chi connectivity index (χ3n) is 3.05. The van der Waals surface area contributed by atoms with E-state index in [0.29, 0.717) is 12.1 Å². The van der Waals surface area contributed by atoms with E-state index in [0.717, 1.165) is 18.8 Å². The largest absolute Gasteiger partial charge is 0.490 e. The van der Waals surface area contributed by atoms with Crippen LogP contribution in [0, 0.1) is 0 Å². The fourth-order valence-corrected chi connectivity index (χ4v) is 1.90. The molecule has 1 aliphatic rings. The number of hydrogen-bond donors (Lipinski definition) is 1. The van der Waals surface area contributed by atoms with Gasteiger partial charge >= 0.3 is 0 Å². The molecule has 1 aliphatic carbocycles. The Morgan fingerprint density at radius 1 is 1.41 bits per heavy atom. The molecule has 0 aromatic heterocycles. The van der Waals surface area contributed by atoms with Gasteiger partial charge in [0.15, 0.2) is 0 Å². The van der Waals surface area contributed by atoms with Crippen molar-refractivity contribution in [3.63, 3.8) is 0 Å². The van der Waals surface area contributed by atoms with E-state index >= 15 is 0 Å². The van der Waals surface area contributed by atoms with Crippen molar-refractivity contribution in [2.45, 2.75) is 31.4 Å². The summed E-state index contributed by atoms with van der Waals surface area (Å²) in [7, 11) is 3.72. The first-order valence-corrected chi connectivity index (χ1v) is 6.26. The first-order chi connectivity index (χ1) is 8.33. The molecule has 3 heteroatoms. The van der Waals surface area contributed by atoms with Crippen molar-refractivity contribution >= 4 is 0 Å². The fraction of sp³-hybridized carbons (Fsp3) is 0.571. The van der Waals surface area contributed by atoms with Crippen LogP contribution < -0.4 is 10.1 Å². The molecular formula is C14H21NO2. The molecule has 1 saturated carbocycles. The van der Waals surface area contributed by atoms with Gasteiger partial charge in [-0.1, -0.05) is 12.1 Å². The van der Waals surface area contributed by atoms with Crippen LogP contribution in [0.25, 0.3) is 0 Å². The van der Waals surface area contributed by atoms with E-state index in [-0.39, 0.29) is 0 Å². The lowest BCUT2D eigenvalue weighted by molar-refractivity contribution is 0.184. The Labute approximate surface area is 103 Å². The summed E-state index contributed by atoms with van der Waals surface area (Å²) in [5.41, 5.74) is 1.27. The first-order valence-electron chi connectivity index (χ1n) is 6.26. The summed E-state index contributed by atoms with van der Waals surface area (Å²) in [6, 6.07) is 8.69. The molecule has 1 fully saturated rings. The summed E-state index contributed by atoms with van der Waals surface area (Å²) in [5.74, 6) is 0.989. The van der Waals surface area contributed by atoms with Crippen LogP contribution in [0.2, 0.25) is 0 Å².